The lowest BCUT2D eigenvalue weighted by Crippen LogP contribution is -2.35. The summed E-state index contributed by atoms with van der Waals surface area (Å²) in [5, 5.41) is 5.07. The molecular formula is C20H20N2O7. The highest BCUT2D eigenvalue weighted by Gasteiger charge is 2.20. The number of amides is 2. The van der Waals surface area contributed by atoms with E-state index in [0.29, 0.717) is 28.5 Å². The van der Waals surface area contributed by atoms with Gasteiger partial charge in [-0.05, 0) is 37.3 Å². The summed E-state index contributed by atoms with van der Waals surface area (Å²) in [7, 11) is 1.52. The number of anilines is 1. The Morgan fingerprint density at radius 2 is 1.90 bits per heavy atom. The second-order valence-corrected chi connectivity index (χ2v) is 6.10. The van der Waals surface area contributed by atoms with Gasteiger partial charge in [0, 0.05) is 17.3 Å². The molecule has 1 atom stereocenters. The third-order valence-electron chi connectivity index (χ3n) is 4.04. The molecule has 0 aromatic heterocycles. The van der Waals surface area contributed by atoms with Crippen molar-refractivity contribution in [3.8, 4) is 17.2 Å². The molecule has 1 aliphatic rings. The van der Waals surface area contributed by atoms with Crippen molar-refractivity contribution in [2.45, 2.75) is 13.0 Å². The number of rotatable bonds is 7. The second-order valence-electron chi connectivity index (χ2n) is 6.10. The average Bonchev–Trinajstić information content (AvgIpc) is 3.19. The van der Waals surface area contributed by atoms with E-state index in [9.17, 15) is 14.4 Å². The first-order valence-corrected chi connectivity index (χ1v) is 8.78. The number of esters is 1. The first-order valence-electron chi connectivity index (χ1n) is 8.78. The number of carbonyl (C=O) groups excluding carboxylic acids is 3. The van der Waals surface area contributed by atoms with Crippen LogP contribution in [0.5, 0.6) is 17.2 Å². The van der Waals surface area contributed by atoms with E-state index >= 15 is 0 Å². The largest absolute Gasteiger partial charge is 0.497 e. The third kappa shape index (κ3) is 5.16. The molecule has 0 unspecified atom stereocenters. The summed E-state index contributed by atoms with van der Waals surface area (Å²) >= 11 is 0. The van der Waals surface area contributed by atoms with Crippen LogP contribution in [0.15, 0.2) is 42.5 Å². The molecule has 0 spiro atoms. The lowest BCUT2D eigenvalue weighted by molar-refractivity contribution is -0.152. The zero-order valence-corrected chi connectivity index (χ0v) is 15.9. The fourth-order valence-corrected chi connectivity index (χ4v) is 2.53. The number of methoxy groups -OCH3 is 1. The lowest BCUT2D eigenvalue weighted by atomic mass is 10.2. The molecule has 2 aromatic rings. The van der Waals surface area contributed by atoms with Crippen molar-refractivity contribution in [3.63, 3.8) is 0 Å². The predicted octanol–water partition coefficient (Wildman–Crippen LogP) is 1.72. The van der Waals surface area contributed by atoms with Crippen LogP contribution in [-0.2, 0) is 14.3 Å². The van der Waals surface area contributed by atoms with E-state index in [1.165, 1.54) is 20.1 Å². The van der Waals surface area contributed by atoms with Crippen molar-refractivity contribution in [2.75, 3.05) is 25.8 Å². The van der Waals surface area contributed by atoms with E-state index in [4.69, 9.17) is 18.9 Å². The van der Waals surface area contributed by atoms with Gasteiger partial charge in [-0.2, -0.15) is 0 Å². The number of nitrogens with one attached hydrogen (secondary N) is 2. The maximum Gasteiger partial charge on any atom is 0.326 e. The van der Waals surface area contributed by atoms with Crippen LogP contribution >= 0.6 is 0 Å². The summed E-state index contributed by atoms with van der Waals surface area (Å²) in [5.74, 6) is -0.131. The van der Waals surface area contributed by atoms with Crippen molar-refractivity contribution in [1.29, 1.82) is 0 Å². The second kappa shape index (κ2) is 8.96. The smallest absolute Gasteiger partial charge is 0.326 e. The molecule has 0 saturated heterocycles. The average molecular weight is 400 g/mol. The maximum absolute atomic E-state index is 12.2. The summed E-state index contributed by atoms with van der Waals surface area (Å²) in [5.41, 5.74) is 0.819. The molecule has 2 aromatic carbocycles. The Labute approximate surface area is 166 Å². The fourth-order valence-electron chi connectivity index (χ4n) is 2.53. The topological polar surface area (TPSA) is 112 Å². The van der Waals surface area contributed by atoms with E-state index in [0.717, 1.165) is 0 Å². The molecule has 2 N–H and O–H groups in total. The summed E-state index contributed by atoms with van der Waals surface area (Å²) in [6, 6.07) is 11.5. The standard InChI is InChI=1S/C20H20N2O7/c1-12(19(24)22-14-4-3-5-15(9-14)26-2)29-18(23)10-21-20(25)13-6-7-16-17(8-13)28-11-27-16/h3-9,12H,10-11H2,1-2H3,(H,21,25)(H,22,24)/t12-/m1/s1. The molecule has 0 saturated carbocycles. The van der Waals surface area contributed by atoms with Crippen molar-refractivity contribution >= 4 is 23.5 Å². The highest BCUT2D eigenvalue weighted by molar-refractivity contribution is 5.97. The molecule has 1 heterocycles. The van der Waals surface area contributed by atoms with Gasteiger partial charge in [-0.3, -0.25) is 14.4 Å². The van der Waals surface area contributed by atoms with Crippen LogP contribution in [-0.4, -0.2) is 44.3 Å². The quantitative estimate of drug-likeness (QED) is 0.681. The number of ether oxygens (including phenoxy) is 4. The summed E-state index contributed by atoms with van der Waals surface area (Å²) in [4.78, 5) is 36.3. The first-order chi connectivity index (χ1) is 14.0. The molecular weight excluding hydrogens is 380 g/mol. The summed E-state index contributed by atoms with van der Waals surface area (Å²) < 4.78 is 20.5. The number of benzene rings is 2. The molecule has 9 nitrogen and oxygen atoms in total. The molecule has 0 radical (unpaired) electrons. The molecule has 2 amide bonds. The number of carbonyl (C=O) groups is 3. The van der Waals surface area contributed by atoms with Crippen LogP contribution in [0.2, 0.25) is 0 Å². The molecule has 0 aliphatic carbocycles. The predicted molar refractivity (Wildman–Crippen MR) is 102 cm³/mol. The summed E-state index contributed by atoms with van der Waals surface area (Å²) in [6.07, 6.45) is -1.05. The monoisotopic (exact) mass is 400 g/mol. The van der Waals surface area contributed by atoms with Crippen LogP contribution in [0, 0.1) is 0 Å². The Balaban J connectivity index is 1.46. The van der Waals surface area contributed by atoms with E-state index in [-0.39, 0.29) is 13.3 Å². The lowest BCUT2D eigenvalue weighted by Gasteiger charge is -2.14. The van der Waals surface area contributed by atoms with E-state index < -0.39 is 23.9 Å². The Morgan fingerprint density at radius 3 is 2.69 bits per heavy atom. The van der Waals surface area contributed by atoms with Gasteiger partial charge in [0.1, 0.15) is 12.3 Å². The molecule has 3 rings (SSSR count). The van der Waals surface area contributed by atoms with Gasteiger partial charge in [0.25, 0.3) is 11.8 Å². The van der Waals surface area contributed by atoms with Crippen LogP contribution in [0.3, 0.4) is 0 Å². The van der Waals surface area contributed by atoms with E-state index in [1.54, 1.807) is 36.4 Å². The van der Waals surface area contributed by atoms with Crippen LogP contribution in [0.25, 0.3) is 0 Å². The zero-order valence-electron chi connectivity index (χ0n) is 15.9. The minimum atomic E-state index is -1.05. The van der Waals surface area contributed by atoms with Crippen molar-refractivity contribution in [2.24, 2.45) is 0 Å². The SMILES string of the molecule is COc1cccc(NC(=O)[C@@H](C)OC(=O)CNC(=O)c2ccc3c(c2)OCO3)c1. The van der Waals surface area contributed by atoms with Crippen LogP contribution in [0.4, 0.5) is 5.69 Å². The van der Waals surface area contributed by atoms with Crippen molar-refractivity contribution < 1.29 is 33.3 Å². The molecule has 29 heavy (non-hydrogen) atoms. The van der Waals surface area contributed by atoms with E-state index in [2.05, 4.69) is 10.6 Å². The number of hydrogen-bond donors (Lipinski definition) is 2. The minimum absolute atomic E-state index is 0.0996. The van der Waals surface area contributed by atoms with Crippen molar-refractivity contribution in [3.05, 3.63) is 48.0 Å². The minimum Gasteiger partial charge on any atom is -0.497 e. The van der Waals surface area contributed by atoms with E-state index in [1.807, 2.05) is 0 Å². The Morgan fingerprint density at radius 1 is 1.10 bits per heavy atom. The Kier molecular flexibility index (Phi) is 6.18. The maximum atomic E-state index is 12.2. The first kappa shape index (κ1) is 20.0. The molecule has 152 valence electrons. The number of hydrogen-bond acceptors (Lipinski definition) is 7. The highest BCUT2D eigenvalue weighted by atomic mass is 16.7. The molecule has 9 heteroatoms. The molecule has 1 aliphatic heterocycles. The highest BCUT2D eigenvalue weighted by Crippen LogP contribution is 2.32. The normalized spacial score (nSPS) is 12.6. The zero-order chi connectivity index (χ0) is 20.8. The number of fused-ring (bicyclic) bond motifs is 1. The van der Waals surface area contributed by atoms with Crippen LogP contribution < -0.4 is 24.8 Å². The fraction of sp³-hybridized carbons (Fsp3) is 0.250. The van der Waals surface area contributed by atoms with Gasteiger partial charge in [0.15, 0.2) is 17.6 Å². The molecule has 0 fully saturated rings. The van der Waals surface area contributed by atoms with Gasteiger partial charge < -0.3 is 29.6 Å². The Hall–Kier alpha value is -3.75. The van der Waals surface area contributed by atoms with Gasteiger partial charge in [0.2, 0.25) is 6.79 Å². The van der Waals surface area contributed by atoms with Crippen LogP contribution in [0.1, 0.15) is 17.3 Å². The van der Waals surface area contributed by atoms with Gasteiger partial charge in [0.05, 0.1) is 7.11 Å². The summed E-state index contributed by atoms with van der Waals surface area (Å²) in [6.45, 7) is 1.15. The Bertz CT molecular complexity index is 929. The van der Waals surface area contributed by atoms with Gasteiger partial charge in [-0.15, -0.1) is 0 Å². The third-order valence-corrected chi connectivity index (χ3v) is 4.04. The van der Waals surface area contributed by atoms with Gasteiger partial charge >= 0.3 is 5.97 Å². The molecule has 0 bridgehead atoms. The van der Waals surface area contributed by atoms with Gasteiger partial charge in [-0.1, -0.05) is 6.07 Å². The van der Waals surface area contributed by atoms with Gasteiger partial charge in [-0.25, -0.2) is 0 Å². The van der Waals surface area contributed by atoms with Crippen molar-refractivity contribution in [1.82, 2.24) is 5.32 Å².